The van der Waals surface area contributed by atoms with Gasteiger partial charge < -0.3 is 4.74 Å². The summed E-state index contributed by atoms with van der Waals surface area (Å²) in [6.45, 7) is 0.0657. The van der Waals surface area contributed by atoms with Crippen molar-refractivity contribution in [2.75, 3.05) is 0 Å². The number of carbonyl (C=O) groups excluding carboxylic acids is 2. The Labute approximate surface area is 166 Å². The summed E-state index contributed by atoms with van der Waals surface area (Å²) < 4.78 is 42.5. The van der Waals surface area contributed by atoms with Gasteiger partial charge in [-0.3, -0.25) is 15.0 Å². The van der Waals surface area contributed by atoms with E-state index in [4.69, 9.17) is 5.21 Å². The van der Waals surface area contributed by atoms with Crippen molar-refractivity contribution in [2.24, 2.45) is 0 Å². The van der Waals surface area contributed by atoms with Crippen LogP contribution in [0.2, 0.25) is 0 Å². The van der Waals surface area contributed by atoms with Gasteiger partial charge in [0.05, 0.1) is 12.2 Å². The number of carbonyl (C=O) groups is 2. The van der Waals surface area contributed by atoms with E-state index in [9.17, 15) is 22.8 Å². The number of amides is 1. The maximum absolute atomic E-state index is 12.6. The number of rotatable bonds is 6. The lowest BCUT2D eigenvalue weighted by Crippen LogP contribution is -2.28. The molecule has 0 bridgehead atoms. The van der Waals surface area contributed by atoms with Gasteiger partial charge in [0, 0.05) is 11.8 Å². The summed E-state index contributed by atoms with van der Waals surface area (Å²) in [5.74, 6) is -3.39. The van der Waals surface area contributed by atoms with E-state index in [0.717, 1.165) is 4.80 Å². The van der Waals surface area contributed by atoms with Crippen LogP contribution in [-0.2, 0) is 16.1 Å². The fourth-order valence-electron chi connectivity index (χ4n) is 2.37. The van der Waals surface area contributed by atoms with Gasteiger partial charge in [-0.2, -0.15) is 18.0 Å². The van der Waals surface area contributed by atoms with E-state index in [0.29, 0.717) is 5.56 Å². The second-order valence-corrected chi connectivity index (χ2v) is 5.85. The highest BCUT2D eigenvalue weighted by Gasteiger charge is 2.43. The summed E-state index contributed by atoms with van der Waals surface area (Å²) in [6.07, 6.45) is -5.49. The maximum atomic E-state index is 12.6. The minimum absolute atomic E-state index is 0.00554. The van der Waals surface area contributed by atoms with Crippen LogP contribution in [0, 0.1) is 0 Å². The van der Waals surface area contributed by atoms with Gasteiger partial charge in [-0.25, -0.2) is 10.3 Å². The van der Waals surface area contributed by atoms with E-state index in [2.05, 4.69) is 25.1 Å². The fraction of sp³-hybridized carbons (Fsp3) is 0.176. The summed E-state index contributed by atoms with van der Waals surface area (Å²) in [5, 5.41) is 20.0. The first kappa shape index (κ1) is 20.9. The van der Waals surface area contributed by atoms with Crippen molar-refractivity contribution < 1.29 is 32.7 Å². The number of hydrogen-bond donors (Lipinski definition) is 2. The average Bonchev–Trinajstić information content (AvgIpc) is 3.19. The third-order valence-electron chi connectivity index (χ3n) is 3.76. The van der Waals surface area contributed by atoms with Crippen LogP contribution in [0.15, 0.2) is 48.7 Å². The number of pyridine rings is 1. The second kappa shape index (κ2) is 8.65. The third kappa shape index (κ3) is 4.94. The molecule has 0 fully saturated rings. The summed E-state index contributed by atoms with van der Waals surface area (Å²) in [4.78, 5) is 27.6. The standard InChI is InChI=1S/C17H13F3N6O4/c18-17(19,20)16(28)30-13(12-3-1-2-8-21-12)14-22-25-26(23-14)9-10-4-6-11(7-5-10)15(27)24-29/h1-8,13,29H,9H2,(H,24,27). The number of hydrogen-bond acceptors (Lipinski definition) is 8. The molecule has 1 aromatic carbocycles. The molecule has 1 amide bonds. The molecule has 156 valence electrons. The lowest BCUT2D eigenvalue weighted by atomic mass is 10.1. The van der Waals surface area contributed by atoms with E-state index in [-0.39, 0.29) is 23.6 Å². The molecule has 30 heavy (non-hydrogen) atoms. The zero-order valence-electron chi connectivity index (χ0n) is 14.9. The Hall–Kier alpha value is -3.87. The van der Waals surface area contributed by atoms with Gasteiger partial charge in [-0.05, 0) is 35.0 Å². The maximum Gasteiger partial charge on any atom is 0.490 e. The lowest BCUT2D eigenvalue weighted by Gasteiger charge is -2.15. The molecule has 0 aliphatic rings. The number of hydroxylamine groups is 1. The molecule has 2 aromatic heterocycles. The average molecular weight is 422 g/mol. The van der Waals surface area contributed by atoms with Crippen LogP contribution in [0.5, 0.6) is 0 Å². The highest BCUT2D eigenvalue weighted by atomic mass is 19.4. The highest BCUT2D eigenvalue weighted by Crippen LogP contribution is 2.26. The fourth-order valence-corrected chi connectivity index (χ4v) is 2.37. The molecule has 3 rings (SSSR count). The Balaban J connectivity index is 1.81. The van der Waals surface area contributed by atoms with Gasteiger partial charge >= 0.3 is 12.1 Å². The number of nitrogens with zero attached hydrogens (tertiary/aromatic N) is 5. The molecule has 10 nitrogen and oxygen atoms in total. The van der Waals surface area contributed by atoms with E-state index < -0.39 is 24.2 Å². The smallest absolute Gasteiger partial charge is 0.441 e. The normalized spacial score (nSPS) is 12.3. The first-order valence-corrected chi connectivity index (χ1v) is 8.27. The van der Waals surface area contributed by atoms with Gasteiger partial charge in [0.15, 0.2) is 0 Å². The SMILES string of the molecule is O=C(NO)c1ccc(Cn2nnc(C(OC(=O)C(F)(F)F)c3ccccn3)n2)cc1. The van der Waals surface area contributed by atoms with Gasteiger partial charge in [0.25, 0.3) is 5.91 Å². The van der Waals surface area contributed by atoms with Gasteiger partial charge in [-0.1, -0.05) is 18.2 Å². The molecular weight excluding hydrogens is 409 g/mol. The number of aromatic nitrogens is 5. The molecule has 1 atom stereocenters. The molecule has 2 N–H and O–H groups in total. The third-order valence-corrected chi connectivity index (χ3v) is 3.76. The Morgan fingerprint density at radius 2 is 1.90 bits per heavy atom. The minimum Gasteiger partial charge on any atom is -0.441 e. The first-order chi connectivity index (χ1) is 14.3. The predicted molar refractivity (Wildman–Crippen MR) is 90.8 cm³/mol. The van der Waals surface area contributed by atoms with Crippen molar-refractivity contribution in [3.63, 3.8) is 0 Å². The molecule has 0 aliphatic heterocycles. The Morgan fingerprint density at radius 3 is 2.50 bits per heavy atom. The number of tetrazole rings is 1. The van der Waals surface area contributed by atoms with Crippen LogP contribution in [0.3, 0.4) is 0 Å². The first-order valence-electron chi connectivity index (χ1n) is 8.27. The summed E-state index contributed by atoms with van der Waals surface area (Å²) in [6, 6.07) is 10.4. The van der Waals surface area contributed by atoms with E-state index in [1.807, 2.05) is 0 Å². The van der Waals surface area contributed by atoms with Gasteiger partial charge in [-0.15, -0.1) is 10.2 Å². The predicted octanol–water partition coefficient (Wildman–Crippen LogP) is 1.43. The number of nitrogens with one attached hydrogen (secondary N) is 1. The number of halogens is 3. The zero-order valence-corrected chi connectivity index (χ0v) is 14.9. The monoisotopic (exact) mass is 422 g/mol. The van der Waals surface area contributed by atoms with Crippen molar-refractivity contribution >= 4 is 11.9 Å². The van der Waals surface area contributed by atoms with E-state index >= 15 is 0 Å². The highest BCUT2D eigenvalue weighted by molar-refractivity contribution is 5.93. The second-order valence-electron chi connectivity index (χ2n) is 5.85. The summed E-state index contributed by atoms with van der Waals surface area (Å²) >= 11 is 0. The lowest BCUT2D eigenvalue weighted by molar-refractivity contribution is -0.204. The molecule has 0 aliphatic carbocycles. The minimum atomic E-state index is -5.20. The number of esters is 1. The zero-order chi connectivity index (χ0) is 21.7. The Morgan fingerprint density at radius 1 is 1.17 bits per heavy atom. The van der Waals surface area contributed by atoms with Crippen molar-refractivity contribution in [3.05, 3.63) is 71.3 Å². The van der Waals surface area contributed by atoms with E-state index in [1.165, 1.54) is 42.0 Å². The van der Waals surface area contributed by atoms with Crippen LogP contribution in [0.25, 0.3) is 0 Å². The molecule has 0 spiro atoms. The summed E-state index contributed by atoms with van der Waals surface area (Å²) in [7, 11) is 0. The molecule has 2 heterocycles. The number of benzene rings is 1. The van der Waals surface area contributed by atoms with Crippen molar-refractivity contribution in [1.29, 1.82) is 0 Å². The van der Waals surface area contributed by atoms with Crippen molar-refractivity contribution in [2.45, 2.75) is 18.8 Å². The molecule has 13 heteroatoms. The number of alkyl halides is 3. The molecule has 0 saturated heterocycles. The van der Waals surface area contributed by atoms with Crippen LogP contribution in [0.4, 0.5) is 13.2 Å². The molecule has 0 radical (unpaired) electrons. The van der Waals surface area contributed by atoms with Gasteiger partial charge in [0.2, 0.25) is 11.9 Å². The van der Waals surface area contributed by atoms with Gasteiger partial charge in [0.1, 0.15) is 0 Å². The molecule has 3 aromatic rings. The number of ether oxygens (including phenoxy) is 1. The van der Waals surface area contributed by atoms with Crippen LogP contribution in [-0.4, -0.2) is 48.5 Å². The van der Waals surface area contributed by atoms with Crippen LogP contribution in [0.1, 0.15) is 33.5 Å². The quantitative estimate of drug-likeness (QED) is 0.346. The Bertz CT molecular complexity index is 1020. The Kier molecular flexibility index (Phi) is 6.01. The molecule has 0 saturated carbocycles. The summed E-state index contributed by atoms with van der Waals surface area (Å²) in [5.41, 5.74) is 2.34. The molecular formula is C17H13F3N6O4. The topological polar surface area (TPSA) is 132 Å². The van der Waals surface area contributed by atoms with Crippen LogP contribution < -0.4 is 5.48 Å². The molecule has 1 unspecified atom stereocenters. The van der Waals surface area contributed by atoms with Crippen molar-refractivity contribution in [1.82, 2.24) is 30.7 Å². The van der Waals surface area contributed by atoms with Crippen molar-refractivity contribution in [3.8, 4) is 0 Å². The largest absolute Gasteiger partial charge is 0.490 e. The van der Waals surface area contributed by atoms with E-state index in [1.54, 1.807) is 12.1 Å². The van der Waals surface area contributed by atoms with Crippen LogP contribution >= 0.6 is 0 Å².